The van der Waals surface area contributed by atoms with Gasteiger partial charge in [-0.15, -0.1) is 0 Å². The van der Waals surface area contributed by atoms with Gasteiger partial charge in [0.15, 0.2) is 4.80 Å². The summed E-state index contributed by atoms with van der Waals surface area (Å²) < 4.78 is 10.0. The summed E-state index contributed by atoms with van der Waals surface area (Å²) >= 11 is 1.28. The summed E-state index contributed by atoms with van der Waals surface area (Å²) in [7, 11) is 1.60. The van der Waals surface area contributed by atoms with Gasteiger partial charge in [0.1, 0.15) is 11.8 Å². The SMILES string of the molecule is CCN(CC)C(=O)C1=C(C)N=c2s/c(=C/c3cc(C)n(-c4ccc([N+](=O)[O-])cc4)c3C)c(=O)n2[C@@H]1c1c(OC)ccc2ccccc12. The molecule has 3 heterocycles. The van der Waals surface area contributed by atoms with Crippen LogP contribution in [-0.2, 0) is 4.79 Å². The summed E-state index contributed by atoms with van der Waals surface area (Å²) in [4.78, 5) is 46.6. The number of amides is 1. The minimum absolute atomic E-state index is 0.0177. The van der Waals surface area contributed by atoms with Gasteiger partial charge in [-0.2, -0.15) is 0 Å². The third kappa shape index (κ3) is 5.36. The normalized spacial score (nSPS) is 14.7. The van der Waals surface area contributed by atoms with Crippen molar-refractivity contribution in [3.05, 3.63) is 130 Å². The lowest BCUT2D eigenvalue weighted by atomic mass is 9.90. The topological polar surface area (TPSA) is 112 Å². The van der Waals surface area contributed by atoms with Gasteiger partial charge >= 0.3 is 0 Å². The number of non-ortho nitro benzene ring substituents is 1. The molecule has 10 nitrogen and oxygen atoms in total. The lowest BCUT2D eigenvalue weighted by Crippen LogP contribution is -2.43. The molecule has 0 bridgehead atoms. The van der Waals surface area contributed by atoms with E-state index in [1.54, 1.807) is 28.7 Å². The third-order valence-electron chi connectivity index (χ3n) is 8.80. The number of nitro groups is 1. The quantitative estimate of drug-likeness (QED) is 0.161. The number of allylic oxidation sites excluding steroid dienone is 1. The zero-order valence-electron chi connectivity index (χ0n) is 27.1. The van der Waals surface area contributed by atoms with Crippen LogP contribution in [0.1, 0.15) is 49.3 Å². The Morgan fingerprint density at radius 3 is 2.43 bits per heavy atom. The highest BCUT2D eigenvalue weighted by molar-refractivity contribution is 7.07. The van der Waals surface area contributed by atoms with Gasteiger partial charge in [0, 0.05) is 47.9 Å². The number of fused-ring (bicyclic) bond motifs is 2. The number of benzene rings is 3. The Morgan fingerprint density at radius 2 is 1.77 bits per heavy atom. The van der Waals surface area contributed by atoms with E-state index in [9.17, 15) is 19.7 Å². The van der Waals surface area contributed by atoms with Crippen LogP contribution in [-0.4, -0.2) is 45.1 Å². The van der Waals surface area contributed by atoms with Crippen molar-refractivity contribution in [1.82, 2.24) is 14.0 Å². The summed E-state index contributed by atoms with van der Waals surface area (Å²) in [6, 6.07) is 19.4. The maximum atomic E-state index is 14.5. The molecule has 5 aromatic rings. The van der Waals surface area contributed by atoms with Crippen molar-refractivity contribution in [3.8, 4) is 11.4 Å². The number of aryl methyl sites for hydroxylation is 1. The number of nitro benzene ring substituents is 1. The Balaban J connectivity index is 1.58. The summed E-state index contributed by atoms with van der Waals surface area (Å²) in [5.74, 6) is 0.409. The van der Waals surface area contributed by atoms with E-state index in [1.165, 1.54) is 23.5 Å². The fourth-order valence-corrected chi connectivity index (χ4v) is 7.52. The number of carbonyl (C=O) groups excluding carboxylic acids is 1. The van der Waals surface area contributed by atoms with E-state index in [0.717, 1.165) is 39.0 Å². The Kier molecular flexibility index (Phi) is 8.42. The van der Waals surface area contributed by atoms with E-state index in [2.05, 4.69) is 0 Å². The molecule has 0 unspecified atom stereocenters. The predicted molar refractivity (Wildman–Crippen MR) is 184 cm³/mol. The zero-order chi connectivity index (χ0) is 33.6. The van der Waals surface area contributed by atoms with Gasteiger partial charge in [-0.1, -0.05) is 41.7 Å². The van der Waals surface area contributed by atoms with Crippen molar-refractivity contribution in [3.63, 3.8) is 0 Å². The van der Waals surface area contributed by atoms with Crippen LogP contribution < -0.4 is 19.6 Å². The largest absolute Gasteiger partial charge is 0.496 e. The molecule has 1 aliphatic rings. The Hall–Kier alpha value is -5.29. The van der Waals surface area contributed by atoms with Crippen molar-refractivity contribution < 1.29 is 14.5 Å². The Labute approximate surface area is 275 Å². The number of aromatic nitrogens is 2. The monoisotopic (exact) mass is 649 g/mol. The molecule has 6 rings (SSSR count). The first-order valence-corrected chi connectivity index (χ1v) is 16.2. The number of rotatable bonds is 8. The second-order valence-electron chi connectivity index (χ2n) is 11.4. The molecule has 1 amide bonds. The number of hydrogen-bond donors (Lipinski definition) is 0. The molecule has 0 saturated carbocycles. The van der Waals surface area contributed by atoms with E-state index >= 15 is 0 Å². The smallest absolute Gasteiger partial charge is 0.271 e. The van der Waals surface area contributed by atoms with E-state index in [4.69, 9.17) is 9.73 Å². The number of methoxy groups -OCH3 is 1. The number of ether oxygens (including phenoxy) is 1. The first kappa shape index (κ1) is 31.7. The van der Waals surface area contributed by atoms with Gasteiger partial charge in [0.05, 0.1) is 27.8 Å². The van der Waals surface area contributed by atoms with Crippen molar-refractivity contribution in [2.24, 2.45) is 4.99 Å². The molecule has 0 fully saturated rings. The molecule has 0 saturated heterocycles. The van der Waals surface area contributed by atoms with Crippen LogP contribution in [0.5, 0.6) is 5.75 Å². The van der Waals surface area contributed by atoms with Crippen LogP contribution in [0.3, 0.4) is 0 Å². The maximum Gasteiger partial charge on any atom is 0.271 e. The van der Waals surface area contributed by atoms with Crippen LogP contribution >= 0.6 is 11.3 Å². The van der Waals surface area contributed by atoms with Crippen molar-refractivity contribution in [2.45, 2.75) is 40.7 Å². The number of nitrogens with zero attached hydrogens (tertiary/aromatic N) is 5. The minimum Gasteiger partial charge on any atom is -0.496 e. The fourth-order valence-electron chi connectivity index (χ4n) is 6.48. The summed E-state index contributed by atoms with van der Waals surface area (Å²) in [5.41, 5.74) is 4.91. The van der Waals surface area contributed by atoms with E-state index in [1.807, 2.05) is 87.7 Å². The summed E-state index contributed by atoms with van der Waals surface area (Å²) in [5, 5.41) is 13.0. The first-order valence-electron chi connectivity index (χ1n) is 15.4. The highest BCUT2D eigenvalue weighted by atomic mass is 32.1. The van der Waals surface area contributed by atoms with Crippen molar-refractivity contribution in [1.29, 1.82) is 0 Å². The third-order valence-corrected chi connectivity index (χ3v) is 9.79. The second-order valence-corrected chi connectivity index (χ2v) is 12.4. The fraction of sp³-hybridized carbons (Fsp3) is 0.250. The predicted octanol–water partition coefficient (Wildman–Crippen LogP) is 5.58. The van der Waals surface area contributed by atoms with Gasteiger partial charge < -0.3 is 14.2 Å². The van der Waals surface area contributed by atoms with E-state index in [0.29, 0.717) is 39.4 Å². The first-order chi connectivity index (χ1) is 22.6. The van der Waals surface area contributed by atoms with Gasteiger partial charge in [-0.05, 0) is 81.3 Å². The Morgan fingerprint density at radius 1 is 1.06 bits per heavy atom. The molecule has 1 aliphatic heterocycles. The zero-order valence-corrected chi connectivity index (χ0v) is 27.9. The number of carbonyl (C=O) groups is 1. The molecular formula is C36H35N5O5S. The van der Waals surface area contributed by atoms with Crippen LogP contribution in [0.25, 0.3) is 22.5 Å². The molecule has 240 valence electrons. The van der Waals surface area contributed by atoms with Crippen LogP contribution in [0.4, 0.5) is 5.69 Å². The Bertz CT molecular complexity index is 2270. The molecule has 0 N–H and O–H groups in total. The van der Waals surface area contributed by atoms with Gasteiger partial charge in [0.2, 0.25) is 0 Å². The molecule has 0 spiro atoms. The average Bonchev–Trinajstić information content (AvgIpc) is 3.53. The highest BCUT2D eigenvalue weighted by Crippen LogP contribution is 2.40. The second kappa shape index (κ2) is 12.5. The van der Waals surface area contributed by atoms with Crippen LogP contribution in [0.2, 0.25) is 0 Å². The molecule has 0 radical (unpaired) electrons. The molecular weight excluding hydrogens is 614 g/mol. The summed E-state index contributed by atoms with van der Waals surface area (Å²) in [6.07, 6.45) is 1.86. The van der Waals surface area contributed by atoms with Gasteiger partial charge in [-0.3, -0.25) is 24.3 Å². The lowest BCUT2D eigenvalue weighted by Gasteiger charge is -2.30. The lowest BCUT2D eigenvalue weighted by molar-refractivity contribution is -0.384. The van der Waals surface area contributed by atoms with E-state index < -0.39 is 11.0 Å². The van der Waals surface area contributed by atoms with Crippen molar-refractivity contribution >= 4 is 39.8 Å². The minimum atomic E-state index is -0.768. The number of likely N-dealkylation sites (N-methyl/N-ethyl adjacent to an activating group) is 1. The molecule has 0 aliphatic carbocycles. The van der Waals surface area contributed by atoms with E-state index in [-0.39, 0.29) is 17.2 Å². The van der Waals surface area contributed by atoms with Gasteiger partial charge in [-0.25, -0.2) is 4.99 Å². The molecule has 11 heteroatoms. The average molecular weight is 650 g/mol. The maximum absolute atomic E-state index is 14.5. The van der Waals surface area contributed by atoms with Crippen LogP contribution in [0.15, 0.2) is 87.8 Å². The molecule has 1 atom stereocenters. The molecule has 47 heavy (non-hydrogen) atoms. The highest BCUT2D eigenvalue weighted by Gasteiger charge is 2.36. The van der Waals surface area contributed by atoms with Gasteiger partial charge in [0.25, 0.3) is 17.2 Å². The standard InChI is InChI=1S/C36H35N5O5S/c1-7-38(8-2)35(43)31-22(4)37-36-40(33(31)32-28-12-10-9-11-24(28)13-18-29(32)46-6)34(42)30(47-36)20-25-19-21(3)39(23(25)5)26-14-16-27(17-15-26)41(44)45/h9-20,33H,7-8H2,1-6H3/b30-20+/t33-/m0/s1. The van der Waals surface area contributed by atoms with Crippen LogP contribution in [0, 0.1) is 24.0 Å². The summed E-state index contributed by atoms with van der Waals surface area (Å²) in [6.45, 7) is 10.6. The number of hydrogen-bond acceptors (Lipinski definition) is 7. The number of thiazole rings is 1. The molecule has 3 aromatic carbocycles. The van der Waals surface area contributed by atoms with Crippen molar-refractivity contribution in [2.75, 3.05) is 20.2 Å². The molecule has 2 aromatic heterocycles.